The van der Waals surface area contributed by atoms with Crippen LogP contribution in [-0.2, 0) is 32.1 Å². The molecule has 6 atom stereocenters. The van der Waals surface area contributed by atoms with Gasteiger partial charge in [0.25, 0.3) is 5.91 Å². The third kappa shape index (κ3) is 4.89. The summed E-state index contributed by atoms with van der Waals surface area (Å²) in [5.41, 5.74) is 6.94. The molecule has 0 bridgehead atoms. The molecule has 8 heteroatoms. The van der Waals surface area contributed by atoms with Gasteiger partial charge in [-0.1, -0.05) is 31.6 Å². The Labute approximate surface area is 235 Å². The number of nitrogens with two attached hydrogens (primary N) is 1. The van der Waals surface area contributed by atoms with E-state index in [9.17, 15) is 29.4 Å². The number of allylic oxidation sites excluding steroid dienone is 1. The Hall–Kier alpha value is -3.00. The first kappa shape index (κ1) is 28.5. The largest absolute Gasteiger partial charge is 0.507 e. The van der Waals surface area contributed by atoms with Crippen LogP contribution in [0.15, 0.2) is 23.8 Å². The fourth-order valence-electron chi connectivity index (χ4n) is 8.69. The van der Waals surface area contributed by atoms with Crippen LogP contribution >= 0.6 is 0 Å². The number of benzene rings is 1. The molecule has 4 aliphatic rings. The number of ketones is 2. The summed E-state index contributed by atoms with van der Waals surface area (Å²) in [6.45, 7) is 4.17. The molecule has 0 saturated heterocycles. The van der Waals surface area contributed by atoms with E-state index >= 15 is 0 Å². The minimum atomic E-state index is -0.884. The maximum absolute atomic E-state index is 12.9. The lowest BCUT2D eigenvalue weighted by molar-refractivity contribution is -0.160. The Morgan fingerprint density at radius 3 is 2.48 bits per heavy atom. The fourth-order valence-corrected chi connectivity index (χ4v) is 8.69. The second kappa shape index (κ2) is 10.8. The van der Waals surface area contributed by atoms with Crippen LogP contribution in [0.2, 0.25) is 0 Å². The normalized spacial score (nSPS) is 32.9. The Kier molecular flexibility index (Phi) is 7.68. The highest BCUT2D eigenvalue weighted by atomic mass is 16.5. The Balaban J connectivity index is 1.18. The van der Waals surface area contributed by atoms with E-state index in [1.807, 2.05) is 6.08 Å². The molecule has 4 N–H and O–H groups in total. The Morgan fingerprint density at radius 2 is 1.75 bits per heavy atom. The number of hydrogen-bond acceptors (Lipinski definition) is 7. The van der Waals surface area contributed by atoms with Gasteiger partial charge in [-0.2, -0.15) is 0 Å². The second-order valence-corrected chi connectivity index (χ2v) is 12.9. The van der Waals surface area contributed by atoms with Crippen molar-refractivity contribution in [2.24, 2.45) is 34.3 Å². The number of hydrogen-bond donors (Lipinski definition) is 3. The van der Waals surface area contributed by atoms with Gasteiger partial charge >= 0.3 is 5.97 Å². The van der Waals surface area contributed by atoms with E-state index in [0.717, 1.165) is 44.9 Å². The van der Waals surface area contributed by atoms with Gasteiger partial charge in [0.05, 0.1) is 18.6 Å². The number of fused-ring (bicyclic) bond motifs is 5. The molecule has 0 heterocycles. The number of aromatic hydroxyl groups is 1. The van der Waals surface area contributed by atoms with Crippen LogP contribution in [-0.4, -0.2) is 39.8 Å². The van der Waals surface area contributed by atoms with Gasteiger partial charge in [-0.05, 0) is 79.8 Å². The van der Waals surface area contributed by atoms with Gasteiger partial charge in [0.15, 0.2) is 5.78 Å². The molecule has 3 saturated carbocycles. The van der Waals surface area contributed by atoms with Crippen molar-refractivity contribution in [2.45, 2.75) is 97.2 Å². The number of aliphatic hydroxyl groups excluding tert-OH is 1. The van der Waals surface area contributed by atoms with Crippen LogP contribution in [0.3, 0.4) is 0 Å². The number of carbonyl (C=O) groups excluding carboxylic acids is 4. The zero-order valence-electron chi connectivity index (χ0n) is 23.5. The summed E-state index contributed by atoms with van der Waals surface area (Å²) in [5.74, 6) is -0.0271. The quantitative estimate of drug-likeness (QED) is 0.408. The molecular weight excluding hydrogens is 510 g/mol. The molecule has 40 heavy (non-hydrogen) atoms. The highest BCUT2D eigenvalue weighted by molar-refractivity contribution is 5.98. The third-order valence-corrected chi connectivity index (χ3v) is 10.9. The fraction of sp³-hybridized carbons (Fsp3) is 0.625. The summed E-state index contributed by atoms with van der Waals surface area (Å²) < 4.78 is 6.03. The lowest BCUT2D eigenvalue weighted by Crippen LogP contribution is -2.51. The van der Waals surface area contributed by atoms with Crippen molar-refractivity contribution in [1.82, 2.24) is 0 Å². The van der Waals surface area contributed by atoms with Crippen LogP contribution in [0.25, 0.3) is 0 Å². The van der Waals surface area contributed by atoms with E-state index in [4.69, 9.17) is 10.5 Å². The van der Waals surface area contributed by atoms with Crippen molar-refractivity contribution in [3.05, 3.63) is 40.5 Å². The summed E-state index contributed by atoms with van der Waals surface area (Å²) in [7, 11) is 0. The number of carbonyl (C=O) groups is 4. The number of primary amides is 1. The van der Waals surface area contributed by atoms with Crippen LogP contribution in [0.5, 0.6) is 5.75 Å². The molecule has 8 nitrogen and oxygen atoms in total. The molecule has 0 aromatic heterocycles. The van der Waals surface area contributed by atoms with Crippen LogP contribution in [0, 0.1) is 28.6 Å². The van der Waals surface area contributed by atoms with Crippen molar-refractivity contribution in [3.63, 3.8) is 0 Å². The molecule has 0 radical (unpaired) electrons. The standard InChI is InChI=1S/C32H41NO7/c1-31-13-11-22(36)16-20(31)5-7-23-24-8-9-26(32(24,2)14-12-25(23)31)40-27(37)10-6-21(35)15-18-3-4-19(17-34)28(29(18)38)30(33)39/h3-4,16,23-26,34,38H,5-15,17H2,1-2H3,(H2,33,39). The first-order valence-corrected chi connectivity index (χ1v) is 14.7. The van der Waals surface area contributed by atoms with Crippen molar-refractivity contribution in [2.75, 3.05) is 0 Å². The van der Waals surface area contributed by atoms with Crippen LogP contribution in [0.4, 0.5) is 0 Å². The molecule has 1 amide bonds. The highest BCUT2D eigenvalue weighted by Gasteiger charge is 2.59. The minimum absolute atomic E-state index is 0.0321. The SMILES string of the molecule is CC12CCC(=O)C=C1CCC1C2CCC2(C)C(OC(=O)CCC(=O)Cc3ccc(CO)c(C(N)=O)c3O)CCC12. The van der Waals surface area contributed by atoms with Gasteiger partial charge in [-0.25, -0.2) is 0 Å². The van der Waals surface area contributed by atoms with Crippen molar-refractivity contribution < 1.29 is 34.1 Å². The highest BCUT2D eigenvalue weighted by Crippen LogP contribution is 2.65. The van der Waals surface area contributed by atoms with Gasteiger partial charge in [-0.15, -0.1) is 0 Å². The lowest BCUT2D eigenvalue weighted by Gasteiger charge is -2.57. The number of rotatable bonds is 8. The molecule has 4 aliphatic carbocycles. The molecule has 0 aliphatic heterocycles. The molecule has 3 fully saturated rings. The van der Waals surface area contributed by atoms with Crippen LogP contribution in [0.1, 0.15) is 99.5 Å². The zero-order valence-corrected chi connectivity index (χ0v) is 23.5. The summed E-state index contributed by atoms with van der Waals surface area (Å²) in [6, 6.07) is 2.94. The molecule has 1 aromatic rings. The average molecular weight is 552 g/mol. The van der Waals surface area contributed by atoms with Crippen molar-refractivity contribution >= 4 is 23.4 Å². The maximum Gasteiger partial charge on any atom is 0.306 e. The molecule has 5 rings (SSSR count). The van der Waals surface area contributed by atoms with Gasteiger partial charge in [0.2, 0.25) is 0 Å². The molecule has 1 aromatic carbocycles. The first-order valence-electron chi connectivity index (χ1n) is 14.7. The summed E-state index contributed by atoms with van der Waals surface area (Å²) in [6.07, 6.45) is 9.16. The Bertz CT molecular complexity index is 1270. The van der Waals surface area contributed by atoms with Gasteiger partial charge in [0, 0.05) is 30.2 Å². The minimum Gasteiger partial charge on any atom is -0.507 e. The van der Waals surface area contributed by atoms with E-state index in [1.165, 1.54) is 17.7 Å². The molecule has 0 spiro atoms. The van der Waals surface area contributed by atoms with Gasteiger partial charge < -0.3 is 20.7 Å². The Morgan fingerprint density at radius 1 is 1.00 bits per heavy atom. The van der Waals surface area contributed by atoms with E-state index in [1.54, 1.807) is 0 Å². The number of phenols is 1. The third-order valence-electron chi connectivity index (χ3n) is 10.9. The number of aliphatic hydroxyl groups is 1. The van der Waals surface area contributed by atoms with Crippen molar-refractivity contribution in [1.29, 1.82) is 0 Å². The number of esters is 1. The summed E-state index contributed by atoms with van der Waals surface area (Å²) in [4.78, 5) is 49.3. The van der Waals surface area contributed by atoms with Gasteiger partial charge in [0.1, 0.15) is 17.6 Å². The smallest absolute Gasteiger partial charge is 0.306 e. The van der Waals surface area contributed by atoms with E-state index < -0.39 is 18.3 Å². The number of ether oxygens (including phenoxy) is 1. The predicted molar refractivity (Wildman–Crippen MR) is 147 cm³/mol. The molecule has 216 valence electrons. The average Bonchev–Trinajstić information content (AvgIpc) is 3.24. The van der Waals surface area contributed by atoms with E-state index in [-0.39, 0.29) is 70.4 Å². The van der Waals surface area contributed by atoms with Gasteiger partial charge in [-0.3, -0.25) is 19.2 Å². The zero-order chi connectivity index (χ0) is 28.8. The molecule has 6 unspecified atom stereocenters. The predicted octanol–water partition coefficient (Wildman–Crippen LogP) is 4.32. The van der Waals surface area contributed by atoms with E-state index in [2.05, 4.69) is 13.8 Å². The topological polar surface area (TPSA) is 144 Å². The summed E-state index contributed by atoms with van der Waals surface area (Å²) in [5, 5.41) is 19.8. The van der Waals surface area contributed by atoms with Crippen molar-refractivity contribution in [3.8, 4) is 5.75 Å². The lowest BCUT2D eigenvalue weighted by atomic mass is 9.47. The summed E-state index contributed by atoms with van der Waals surface area (Å²) >= 11 is 0. The number of amides is 1. The monoisotopic (exact) mass is 551 g/mol. The van der Waals surface area contributed by atoms with Crippen LogP contribution < -0.4 is 5.73 Å². The van der Waals surface area contributed by atoms with E-state index in [0.29, 0.717) is 24.2 Å². The first-order chi connectivity index (χ1) is 19.0. The second-order valence-electron chi connectivity index (χ2n) is 12.9. The maximum atomic E-state index is 12.9. The molecular formula is C32H41NO7. The number of Topliss-reactive ketones (excluding diaryl/α,β-unsaturated/α-hetero) is 1.